The van der Waals surface area contributed by atoms with Gasteiger partial charge in [0, 0.05) is 6.04 Å². The quantitative estimate of drug-likeness (QED) is 0.678. The maximum Gasteiger partial charge on any atom is 0.213 e. The largest absolute Gasteiger partial charge is 0.322 e. The van der Waals surface area contributed by atoms with Crippen LogP contribution >= 0.6 is 0 Å². The first-order chi connectivity index (χ1) is 5.77. The van der Waals surface area contributed by atoms with Gasteiger partial charge in [-0.25, -0.2) is 4.98 Å². The van der Waals surface area contributed by atoms with E-state index in [-0.39, 0.29) is 6.04 Å². The summed E-state index contributed by atoms with van der Waals surface area (Å²) in [6.07, 6.45) is 2.30. The normalized spacial score (nSPS) is 19.2. The molecular formula is C9H11FN2. The summed E-state index contributed by atoms with van der Waals surface area (Å²) in [5.74, 6) is 0.0860. The third-order valence-electron chi connectivity index (χ3n) is 2.21. The zero-order chi connectivity index (χ0) is 8.55. The highest BCUT2D eigenvalue weighted by molar-refractivity contribution is 5.11. The highest BCUT2D eigenvalue weighted by Crippen LogP contribution is 2.38. The van der Waals surface area contributed by atoms with Gasteiger partial charge in [-0.2, -0.15) is 4.39 Å². The van der Waals surface area contributed by atoms with Gasteiger partial charge in [0.05, 0.1) is 5.69 Å². The Hall–Kier alpha value is -0.960. The fraction of sp³-hybridized carbons (Fsp3) is 0.444. The van der Waals surface area contributed by atoms with Crippen molar-refractivity contribution >= 4 is 0 Å². The zero-order valence-electron chi connectivity index (χ0n) is 6.70. The van der Waals surface area contributed by atoms with Gasteiger partial charge in [0.1, 0.15) is 0 Å². The molecule has 1 heterocycles. The van der Waals surface area contributed by atoms with E-state index in [0.717, 1.165) is 12.8 Å². The molecule has 64 valence electrons. The van der Waals surface area contributed by atoms with Crippen molar-refractivity contribution in [3.8, 4) is 0 Å². The summed E-state index contributed by atoms with van der Waals surface area (Å²) in [6.45, 7) is 0. The van der Waals surface area contributed by atoms with Crippen LogP contribution in [0.3, 0.4) is 0 Å². The average molecular weight is 166 g/mol. The summed E-state index contributed by atoms with van der Waals surface area (Å²) in [5, 5.41) is 0. The summed E-state index contributed by atoms with van der Waals surface area (Å²) < 4.78 is 12.6. The third kappa shape index (κ3) is 1.46. The van der Waals surface area contributed by atoms with Crippen molar-refractivity contribution in [2.24, 2.45) is 11.7 Å². The molecule has 0 bridgehead atoms. The van der Waals surface area contributed by atoms with Crippen LogP contribution < -0.4 is 5.73 Å². The molecule has 0 spiro atoms. The Morgan fingerprint density at radius 3 is 2.83 bits per heavy atom. The number of hydrogen-bond donors (Lipinski definition) is 1. The number of aromatic nitrogens is 1. The van der Waals surface area contributed by atoms with Crippen LogP contribution in [0.25, 0.3) is 0 Å². The van der Waals surface area contributed by atoms with Crippen LogP contribution in [0.2, 0.25) is 0 Å². The Bertz CT molecular complexity index is 284. The molecule has 0 amide bonds. The van der Waals surface area contributed by atoms with E-state index in [0.29, 0.717) is 11.6 Å². The standard InChI is InChI=1S/C9H11FN2/c10-8-3-1-2-7(12-8)9(11)6-4-5-6/h1-3,6,9H,4-5,11H2. The van der Waals surface area contributed by atoms with Gasteiger partial charge < -0.3 is 5.73 Å². The first-order valence-electron chi connectivity index (χ1n) is 4.15. The van der Waals surface area contributed by atoms with Gasteiger partial charge in [0.15, 0.2) is 0 Å². The van der Waals surface area contributed by atoms with Gasteiger partial charge in [-0.3, -0.25) is 0 Å². The summed E-state index contributed by atoms with van der Waals surface area (Å²) in [6, 6.07) is 4.70. The minimum absolute atomic E-state index is 0.0688. The number of halogens is 1. The maximum absolute atomic E-state index is 12.6. The van der Waals surface area contributed by atoms with Crippen molar-refractivity contribution in [2.45, 2.75) is 18.9 Å². The van der Waals surface area contributed by atoms with Crippen LogP contribution in [0.4, 0.5) is 4.39 Å². The minimum atomic E-state index is -0.441. The number of rotatable bonds is 2. The first kappa shape index (κ1) is 7.68. The van der Waals surface area contributed by atoms with Crippen molar-refractivity contribution in [1.82, 2.24) is 4.98 Å². The molecule has 0 aliphatic heterocycles. The van der Waals surface area contributed by atoms with Crippen molar-refractivity contribution < 1.29 is 4.39 Å². The summed E-state index contributed by atoms with van der Waals surface area (Å²) in [7, 11) is 0. The molecule has 0 aromatic carbocycles. The molecule has 2 N–H and O–H groups in total. The van der Waals surface area contributed by atoms with E-state index in [1.807, 2.05) is 0 Å². The SMILES string of the molecule is NC(c1cccc(F)n1)C1CC1. The monoisotopic (exact) mass is 166 g/mol. The minimum Gasteiger partial charge on any atom is -0.322 e. The molecule has 3 heteroatoms. The Kier molecular flexibility index (Phi) is 1.81. The van der Waals surface area contributed by atoms with Crippen molar-refractivity contribution in [3.63, 3.8) is 0 Å². The van der Waals surface area contributed by atoms with E-state index in [2.05, 4.69) is 4.98 Å². The average Bonchev–Trinajstić information content (AvgIpc) is 2.85. The van der Waals surface area contributed by atoms with Crippen LogP contribution in [0, 0.1) is 11.9 Å². The van der Waals surface area contributed by atoms with E-state index in [4.69, 9.17) is 5.73 Å². The molecule has 0 saturated heterocycles. The topological polar surface area (TPSA) is 38.9 Å². The second-order valence-corrected chi connectivity index (χ2v) is 3.25. The number of nitrogens with zero attached hydrogens (tertiary/aromatic N) is 1. The second-order valence-electron chi connectivity index (χ2n) is 3.25. The summed E-state index contributed by atoms with van der Waals surface area (Å²) >= 11 is 0. The second kappa shape index (κ2) is 2.83. The lowest BCUT2D eigenvalue weighted by Gasteiger charge is -2.08. The molecule has 1 aromatic rings. The summed E-state index contributed by atoms with van der Waals surface area (Å²) in [5.41, 5.74) is 6.52. The molecule has 2 nitrogen and oxygen atoms in total. The maximum atomic E-state index is 12.6. The highest BCUT2D eigenvalue weighted by Gasteiger charge is 2.30. The van der Waals surface area contributed by atoms with Gasteiger partial charge in [-0.15, -0.1) is 0 Å². The lowest BCUT2D eigenvalue weighted by Crippen LogP contribution is -2.14. The van der Waals surface area contributed by atoms with Crippen molar-refractivity contribution in [2.75, 3.05) is 0 Å². The van der Waals surface area contributed by atoms with E-state index < -0.39 is 5.95 Å². The van der Waals surface area contributed by atoms with Gasteiger partial charge in [0.2, 0.25) is 5.95 Å². The number of nitrogens with two attached hydrogens (primary N) is 1. The van der Waals surface area contributed by atoms with Crippen LogP contribution in [0.5, 0.6) is 0 Å². The van der Waals surface area contributed by atoms with Gasteiger partial charge in [-0.1, -0.05) is 6.07 Å². The Morgan fingerprint density at radius 2 is 2.25 bits per heavy atom. The Balaban J connectivity index is 2.20. The molecule has 1 aliphatic carbocycles. The molecule has 1 fully saturated rings. The lowest BCUT2D eigenvalue weighted by atomic mass is 10.1. The van der Waals surface area contributed by atoms with Crippen LogP contribution in [-0.2, 0) is 0 Å². The van der Waals surface area contributed by atoms with Gasteiger partial charge in [0.25, 0.3) is 0 Å². The van der Waals surface area contributed by atoms with Crippen LogP contribution in [0.1, 0.15) is 24.6 Å². The fourth-order valence-electron chi connectivity index (χ4n) is 1.31. The highest BCUT2D eigenvalue weighted by atomic mass is 19.1. The van der Waals surface area contributed by atoms with E-state index in [9.17, 15) is 4.39 Å². The number of pyridine rings is 1. The number of hydrogen-bond acceptors (Lipinski definition) is 2. The predicted molar refractivity (Wildman–Crippen MR) is 43.8 cm³/mol. The Labute approximate surface area is 70.6 Å². The molecule has 1 unspecified atom stereocenters. The van der Waals surface area contributed by atoms with Crippen LogP contribution in [-0.4, -0.2) is 4.98 Å². The lowest BCUT2D eigenvalue weighted by molar-refractivity contribution is 0.548. The molecule has 2 rings (SSSR count). The predicted octanol–water partition coefficient (Wildman–Crippen LogP) is 1.63. The molecule has 1 aliphatic rings. The first-order valence-corrected chi connectivity index (χ1v) is 4.15. The van der Waals surface area contributed by atoms with E-state index in [1.54, 1.807) is 12.1 Å². The third-order valence-corrected chi connectivity index (χ3v) is 2.21. The molecule has 1 saturated carbocycles. The van der Waals surface area contributed by atoms with Gasteiger partial charge >= 0.3 is 0 Å². The van der Waals surface area contributed by atoms with Crippen molar-refractivity contribution in [3.05, 3.63) is 29.8 Å². The van der Waals surface area contributed by atoms with Gasteiger partial charge in [-0.05, 0) is 30.9 Å². The van der Waals surface area contributed by atoms with E-state index in [1.165, 1.54) is 6.07 Å². The zero-order valence-corrected chi connectivity index (χ0v) is 6.70. The molecule has 0 radical (unpaired) electrons. The molecule has 12 heavy (non-hydrogen) atoms. The molecule has 1 aromatic heterocycles. The molecular weight excluding hydrogens is 155 g/mol. The smallest absolute Gasteiger partial charge is 0.213 e. The fourth-order valence-corrected chi connectivity index (χ4v) is 1.31. The summed E-state index contributed by atoms with van der Waals surface area (Å²) in [4.78, 5) is 3.74. The Morgan fingerprint density at radius 1 is 1.50 bits per heavy atom. The van der Waals surface area contributed by atoms with E-state index >= 15 is 0 Å². The molecule has 1 atom stereocenters. The van der Waals surface area contributed by atoms with Crippen molar-refractivity contribution in [1.29, 1.82) is 0 Å². The van der Waals surface area contributed by atoms with Crippen LogP contribution in [0.15, 0.2) is 18.2 Å².